The fraction of sp³-hybridized carbons (Fsp3) is 0.476. The molecular weight excluding hydrogens is 406 g/mol. The van der Waals surface area contributed by atoms with Crippen LogP contribution in [-0.2, 0) is 16.1 Å². The van der Waals surface area contributed by atoms with Crippen molar-refractivity contribution >= 4 is 45.1 Å². The summed E-state index contributed by atoms with van der Waals surface area (Å²) in [5.41, 5.74) is 0.988. The highest BCUT2D eigenvalue weighted by molar-refractivity contribution is 8.00. The minimum Gasteiger partial charge on any atom is -0.497 e. The van der Waals surface area contributed by atoms with Crippen LogP contribution < -0.4 is 14.9 Å². The van der Waals surface area contributed by atoms with Gasteiger partial charge in [-0.2, -0.15) is 4.99 Å². The quantitative estimate of drug-likeness (QED) is 0.647. The van der Waals surface area contributed by atoms with Crippen molar-refractivity contribution < 1.29 is 14.3 Å². The molecule has 1 fully saturated rings. The number of thioether (sulfide) groups is 1. The molecule has 1 saturated carbocycles. The lowest BCUT2D eigenvalue weighted by Crippen LogP contribution is -2.37. The van der Waals surface area contributed by atoms with Crippen LogP contribution in [0.2, 0.25) is 0 Å². The molecule has 0 radical (unpaired) electrons. The third-order valence-corrected chi connectivity index (χ3v) is 6.81. The van der Waals surface area contributed by atoms with Crippen molar-refractivity contribution in [3.05, 3.63) is 35.7 Å². The van der Waals surface area contributed by atoms with Gasteiger partial charge in [-0.1, -0.05) is 36.7 Å². The number of benzene rings is 1. The van der Waals surface area contributed by atoms with Crippen molar-refractivity contribution in [2.24, 2.45) is 4.99 Å². The molecule has 29 heavy (non-hydrogen) atoms. The summed E-state index contributed by atoms with van der Waals surface area (Å²) in [7, 11) is 1.63. The second-order valence-electron chi connectivity index (χ2n) is 7.02. The van der Waals surface area contributed by atoms with Gasteiger partial charge in [0.05, 0.1) is 28.8 Å². The lowest BCUT2D eigenvalue weighted by molar-refractivity contribution is -0.119. The number of hydrogen-bond acceptors (Lipinski definition) is 5. The number of thiazole rings is 1. The Bertz CT molecular complexity index is 942. The maximum atomic E-state index is 12.4. The van der Waals surface area contributed by atoms with Crippen molar-refractivity contribution in [3.8, 4) is 5.75 Å². The number of methoxy groups -OCH3 is 1. The van der Waals surface area contributed by atoms with Crippen LogP contribution in [0.25, 0.3) is 10.2 Å². The highest BCUT2D eigenvalue weighted by atomic mass is 32.2. The monoisotopic (exact) mass is 433 g/mol. The number of nitrogens with zero attached hydrogens (tertiary/aromatic N) is 2. The Kier molecular flexibility index (Phi) is 7.94. The number of allylic oxidation sites excluding steroid dienone is 1. The van der Waals surface area contributed by atoms with Gasteiger partial charge in [0.2, 0.25) is 5.91 Å². The van der Waals surface area contributed by atoms with E-state index in [0.29, 0.717) is 17.4 Å². The highest BCUT2D eigenvalue weighted by Crippen LogP contribution is 2.23. The lowest BCUT2D eigenvalue weighted by atomic mass is 9.95. The maximum absolute atomic E-state index is 12.4. The van der Waals surface area contributed by atoms with Crippen molar-refractivity contribution in [1.82, 2.24) is 9.88 Å². The van der Waals surface area contributed by atoms with Crippen LogP contribution in [0.1, 0.15) is 32.1 Å². The fourth-order valence-corrected chi connectivity index (χ4v) is 5.15. The predicted molar refractivity (Wildman–Crippen MR) is 119 cm³/mol. The first-order valence-electron chi connectivity index (χ1n) is 9.83. The molecule has 1 aliphatic rings. The molecule has 0 atom stereocenters. The second kappa shape index (κ2) is 10.6. The maximum Gasteiger partial charge on any atom is 0.258 e. The van der Waals surface area contributed by atoms with Crippen LogP contribution in [-0.4, -0.2) is 41.0 Å². The molecule has 6 nitrogen and oxygen atoms in total. The third kappa shape index (κ3) is 5.96. The van der Waals surface area contributed by atoms with E-state index in [0.717, 1.165) is 28.8 Å². The summed E-state index contributed by atoms with van der Waals surface area (Å²) in [6, 6.07) is 6.09. The predicted octanol–water partition coefficient (Wildman–Crippen LogP) is 3.51. The zero-order valence-corrected chi connectivity index (χ0v) is 18.3. The second-order valence-corrected chi connectivity index (χ2v) is 9.01. The smallest absolute Gasteiger partial charge is 0.258 e. The van der Waals surface area contributed by atoms with Gasteiger partial charge >= 0.3 is 0 Å². The Hall–Kier alpha value is -2.06. The van der Waals surface area contributed by atoms with Crippen LogP contribution in [0.15, 0.2) is 35.8 Å². The molecule has 1 aromatic carbocycles. The van der Waals surface area contributed by atoms with E-state index in [4.69, 9.17) is 4.74 Å². The number of hydrogen-bond donors (Lipinski definition) is 1. The van der Waals surface area contributed by atoms with Gasteiger partial charge in [-0.25, -0.2) is 0 Å². The summed E-state index contributed by atoms with van der Waals surface area (Å²) in [6.07, 6.45) is 7.52. The summed E-state index contributed by atoms with van der Waals surface area (Å²) in [6.45, 7) is 4.36. The zero-order chi connectivity index (χ0) is 20.6. The molecule has 2 aromatic rings. The molecule has 1 aliphatic carbocycles. The molecule has 2 amide bonds. The van der Waals surface area contributed by atoms with E-state index in [9.17, 15) is 9.59 Å². The van der Waals surface area contributed by atoms with Crippen molar-refractivity contribution in [2.75, 3.05) is 18.6 Å². The van der Waals surface area contributed by atoms with Gasteiger partial charge < -0.3 is 14.6 Å². The van der Waals surface area contributed by atoms with E-state index < -0.39 is 0 Å². The van der Waals surface area contributed by atoms with Gasteiger partial charge in [-0.15, -0.1) is 18.3 Å². The molecule has 0 bridgehead atoms. The summed E-state index contributed by atoms with van der Waals surface area (Å²) < 4.78 is 8.24. The molecule has 1 N–H and O–H groups in total. The molecule has 3 rings (SSSR count). The van der Waals surface area contributed by atoms with E-state index >= 15 is 0 Å². The van der Waals surface area contributed by atoms with E-state index in [2.05, 4.69) is 16.9 Å². The third-order valence-electron chi connectivity index (χ3n) is 4.85. The Morgan fingerprint density at radius 3 is 2.86 bits per heavy atom. The average molecular weight is 434 g/mol. The van der Waals surface area contributed by atoms with Crippen LogP contribution in [0.5, 0.6) is 5.75 Å². The van der Waals surface area contributed by atoms with Gasteiger partial charge in [0.1, 0.15) is 5.75 Å². The molecule has 156 valence electrons. The Balaban J connectivity index is 1.62. The first-order chi connectivity index (χ1) is 14.1. The minimum atomic E-state index is -0.239. The molecule has 0 aliphatic heterocycles. The van der Waals surface area contributed by atoms with Gasteiger partial charge in [-0.05, 0) is 31.0 Å². The number of aromatic nitrogens is 1. The number of carbonyl (C=O) groups excluding carboxylic acids is 2. The van der Waals surface area contributed by atoms with Gasteiger partial charge in [0.15, 0.2) is 4.80 Å². The van der Waals surface area contributed by atoms with E-state index in [1.165, 1.54) is 42.4 Å². The molecule has 0 saturated heterocycles. The van der Waals surface area contributed by atoms with Crippen molar-refractivity contribution in [1.29, 1.82) is 0 Å². The number of carbonyl (C=O) groups is 2. The van der Waals surface area contributed by atoms with Gasteiger partial charge in [0.25, 0.3) is 5.91 Å². The van der Waals surface area contributed by atoms with Crippen LogP contribution in [0, 0.1) is 0 Å². The number of nitrogens with one attached hydrogen (secondary N) is 1. The molecule has 8 heteroatoms. The lowest BCUT2D eigenvalue weighted by Gasteiger charge is -2.22. The van der Waals surface area contributed by atoms with E-state index in [1.807, 2.05) is 22.8 Å². The Labute approximate surface area is 179 Å². The molecule has 0 unspecified atom stereocenters. The normalized spacial score (nSPS) is 15.4. The standard InChI is InChI=1S/C21H27N3O3S2/c1-3-11-24-17-10-9-16(27-2)12-18(17)29-21(24)23-20(26)14-28-13-19(25)22-15-7-5-4-6-8-15/h3,9-10,12,15H,1,4-8,11,13-14H2,2H3,(H,22,25). The number of fused-ring (bicyclic) bond motifs is 1. The van der Waals surface area contributed by atoms with Crippen LogP contribution in [0.3, 0.4) is 0 Å². The molecule has 0 spiro atoms. The van der Waals surface area contributed by atoms with Crippen LogP contribution in [0.4, 0.5) is 0 Å². The SMILES string of the molecule is C=CCn1c(=NC(=O)CSCC(=O)NC2CCCCC2)sc2cc(OC)ccc21. The van der Waals surface area contributed by atoms with Gasteiger partial charge in [0, 0.05) is 12.6 Å². The van der Waals surface area contributed by atoms with E-state index in [1.54, 1.807) is 13.2 Å². The molecular formula is C21H27N3O3S2. The summed E-state index contributed by atoms with van der Waals surface area (Å²) in [5, 5.41) is 3.07. The van der Waals surface area contributed by atoms with Crippen molar-refractivity contribution in [2.45, 2.75) is 44.7 Å². The largest absolute Gasteiger partial charge is 0.497 e. The number of ether oxygens (including phenoxy) is 1. The number of amides is 2. The van der Waals surface area contributed by atoms with Crippen LogP contribution >= 0.6 is 23.1 Å². The topological polar surface area (TPSA) is 72.7 Å². The zero-order valence-electron chi connectivity index (χ0n) is 16.7. The first-order valence-corrected chi connectivity index (χ1v) is 11.8. The van der Waals surface area contributed by atoms with Gasteiger partial charge in [-0.3, -0.25) is 9.59 Å². The summed E-state index contributed by atoms with van der Waals surface area (Å²) in [4.78, 5) is 29.3. The summed E-state index contributed by atoms with van der Waals surface area (Å²) >= 11 is 2.75. The first kappa shape index (κ1) is 21.6. The van der Waals surface area contributed by atoms with Crippen molar-refractivity contribution in [3.63, 3.8) is 0 Å². The Morgan fingerprint density at radius 1 is 1.34 bits per heavy atom. The molecule has 1 heterocycles. The Morgan fingerprint density at radius 2 is 2.14 bits per heavy atom. The average Bonchev–Trinajstić information content (AvgIpc) is 3.05. The summed E-state index contributed by atoms with van der Waals surface area (Å²) in [5.74, 6) is 1.00. The highest BCUT2D eigenvalue weighted by Gasteiger charge is 2.16. The minimum absolute atomic E-state index is 0.00498. The molecule has 1 aromatic heterocycles. The fourth-order valence-electron chi connectivity index (χ4n) is 3.46. The van der Waals surface area contributed by atoms with E-state index in [-0.39, 0.29) is 23.3 Å². The number of rotatable bonds is 8.